The van der Waals surface area contributed by atoms with E-state index in [2.05, 4.69) is 38.6 Å². The summed E-state index contributed by atoms with van der Waals surface area (Å²) in [6, 6.07) is 15.5. The van der Waals surface area contributed by atoms with Gasteiger partial charge in [0, 0.05) is 11.1 Å². The zero-order chi connectivity index (χ0) is 22.7. The van der Waals surface area contributed by atoms with E-state index in [1.807, 2.05) is 86.7 Å². The molecule has 0 atom stereocenters. The molecule has 2 aromatic rings. The molecule has 0 aliphatic heterocycles. The van der Waals surface area contributed by atoms with Gasteiger partial charge in [-0.3, -0.25) is 0 Å². The third kappa shape index (κ3) is 7.07. The zero-order valence-corrected chi connectivity index (χ0v) is 19.0. The molecule has 0 spiro atoms. The van der Waals surface area contributed by atoms with E-state index < -0.39 is 0 Å². The average Bonchev–Trinajstić information content (AvgIpc) is 2.77. The topological polar surface area (TPSA) is 44.5 Å². The van der Waals surface area contributed by atoms with Crippen molar-refractivity contribution in [2.24, 2.45) is 0 Å². The lowest BCUT2D eigenvalue weighted by molar-refractivity contribution is 0.261. The number of rotatable bonds is 10. The molecule has 3 nitrogen and oxygen atoms in total. The lowest BCUT2D eigenvalue weighted by Crippen LogP contribution is -2.19. The van der Waals surface area contributed by atoms with Crippen LogP contribution in [0.4, 0.5) is 5.69 Å². The Morgan fingerprint density at radius 3 is 2.13 bits per heavy atom. The molecule has 0 saturated carbocycles. The second-order valence-electron chi connectivity index (χ2n) is 7.58. The van der Waals surface area contributed by atoms with Crippen LogP contribution in [-0.4, -0.2) is 6.61 Å². The Morgan fingerprint density at radius 1 is 0.968 bits per heavy atom. The van der Waals surface area contributed by atoms with E-state index in [0.29, 0.717) is 12.3 Å². The third-order valence-corrected chi connectivity index (χ3v) is 4.97. The van der Waals surface area contributed by atoms with Crippen LogP contribution in [0.2, 0.25) is 0 Å². The first-order valence-electron chi connectivity index (χ1n) is 10.5. The van der Waals surface area contributed by atoms with Crippen molar-refractivity contribution in [1.82, 2.24) is 0 Å². The van der Waals surface area contributed by atoms with Crippen molar-refractivity contribution in [3.8, 4) is 11.5 Å². The average molecular weight is 416 g/mol. The maximum absolute atomic E-state index is 5.91. The number of nitrogen functional groups attached to an aromatic ring is 1. The predicted octanol–water partition coefficient (Wildman–Crippen LogP) is 7.50. The second kappa shape index (κ2) is 11.7. The second-order valence-corrected chi connectivity index (χ2v) is 7.58. The van der Waals surface area contributed by atoms with E-state index in [4.69, 9.17) is 15.2 Å². The monoisotopic (exact) mass is 415 g/mol. The molecule has 3 heteroatoms. The minimum Gasteiger partial charge on any atom is -0.490 e. The number of hydrogen-bond donors (Lipinski definition) is 1. The number of benzene rings is 2. The van der Waals surface area contributed by atoms with Crippen molar-refractivity contribution < 1.29 is 9.47 Å². The van der Waals surface area contributed by atoms with Crippen LogP contribution in [0.15, 0.2) is 109 Å². The van der Waals surface area contributed by atoms with Gasteiger partial charge in [0.25, 0.3) is 0 Å². The van der Waals surface area contributed by atoms with E-state index in [1.54, 1.807) is 0 Å². The summed E-state index contributed by atoms with van der Waals surface area (Å²) >= 11 is 0. The molecule has 0 aliphatic rings. The number of hydrogen-bond acceptors (Lipinski definition) is 3. The van der Waals surface area contributed by atoms with Crippen LogP contribution in [0.1, 0.15) is 33.3 Å². The molecule has 0 saturated heterocycles. The van der Waals surface area contributed by atoms with E-state index in [0.717, 1.165) is 22.8 Å². The fourth-order valence-corrected chi connectivity index (χ4v) is 3.09. The van der Waals surface area contributed by atoms with E-state index in [-0.39, 0.29) is 5.41 Å². The van der Waals surface area contributed by atoms with Crippen LogP contribution >= 0.6 is 0 Å². The summed E-state index contributed by atoms with van der Waals surface area (Å²) < 4.78 is 11.7. The van der Waals surface area contributed by atoms with Crippen molar-refractivity contribution in [3.05, 3.63) is 115 Å². The molecule has 0 aromatic heterocycles. The highest BCUT2D eigenvalue weighted by Gasteiger charge is 2.23. The highest BCUT2D eigenvalue weighted by molar-refractivity contribution is 5.45. The van der Waals surface area contributed by atoms with Gasteiger partial charge in [-0.1, -0.05) is 56.9 Å². The lowest BCUT2D eigenvalue weighted by atomic mass is 9.77. The predicted molar refractivity (Wildman–Crippen MR) is 132 cm³/mol. The molecular weight excluding hydrogens is 382 g/mol. The van der Waals surface area contributed by atoms with Crippen molar-refractivity contribution in [1.29, 1.82) is 0 Å². The molecule has 0 aliphatic carbocycles. The number of allylic oxidation sites excluding steroid dienone is 7. The molecule has 2 aromatic carbocycles. The zero-order valence-electron chi connectivity index (χ0n) is 19.0. The van der Waals surface area contributed by atoms with Gasteiger partial charge >= 0.3 is 0 Å². The van der Waals surface area contributed by atoms with Gasteiger partial charge in [0.15, 0.2) is 0 Å². The Bertz CT molecular complexity index is 959. The quantitative estimate of drug-likeness (QED) is 0.248. The van der Waals surface area contributed by atoms with Gasteiger partial charge in [-0.05, 0) is 79.6 Å². The Labute approximate surface area is 186 Å². The van der Waals surface area contributed by atoms with E-state index in [9.17, 15) is 0 Å². The van der Waals surface area contributed by atoms with E-state index in [1.165, 1.54) is 5.56 Å². The standard InChI is InChI=1S/C28H33NO2/c1-6-10-22(12-9-21-30-25(8-3)11-7-2)28(4,5)23-13-17-26(18-14-23)31-27-19-15-24(29)16-20-27/h6-20H,1,21,29H2,2-5H3/b11-7-,12-9-,22-10+,25-8+. The molecule has 0 radical (unpaired) electrons. The molecule has 31 heavy (non-hydrogen) atoms. The molecule has 2 rings (SSSR count). The summed E-state index contributed by atoms with van der Waals surface area (Å²) in [5, 5.41) is 0. The van der Waals surface area contributed by atoms with Crippen LogP contribution in [0.25, 0.3) is 0 Å². The molecule has 0 unspecified atom stereocenters. The Balaban J connectivity index is 2.12. The summed E-state index contributed by atoms with van der Waals surface area (Å²) in [5.41, 5.74) is 8.56. The van der Waals surface area contributed by atoms with Gasteiger partial charge in [0.1, 0.15) is 23.9 Å². The molecular formula is C28H33NO2. The normalized spacial score (nSPS) is 13.0. The minimum atomic E-state index is -0.211. The van der Waals surface area contributed by atoms with Crippen molar-refractivity contribution in [2.75, 3.05) is 12.3 Å². The maximum Gasteiger partial charge on any atom is 0.127 e. The van der Waals surface area contributed by atoms with Gasteiger partial charge < -0.3 is 15.2 Å². The maximum atomic E-state index is 5.91. The third-order valence-electron chi connectivity index (χ3n) is 4.97. The summed E-state index contributed by atoms with van der Waals surface area (Å²) in [4.78, 5) is 0. The fraction of sp³-hybridized carbons (Fsp3) is 0.214. The highest BCUT2D eigenvalue weighted by Crippen LogP contribution is 2.34. The van der Waals surface area contributed by atoms with Crippen LogP contribution in [-0.2, 0) is 10.2 Å². The summed E-state index contributed by atoms with van der Waals surface area (Å²) in [7, 11) is 0. The smallest absolute Gasteiger partial charge is 0.127 e. The van der Waals surface area contributed by atoms with Gasteiger partial charge in [-0.25, -0.2) is 0 Å². The Morgan fingerprint density at radius 2 is 1.58 bits per heavy atom. The Kier molecular flexibility index (Phi) is 8.95. The molecule has 0 heterocycles. The lowest BCUT2D eigenvalue weighted by Gasteiger charge is -2.27. The number of nitrogens with two attached hydrogens (primary N) is 1. The molecule has 162 valence electrons. The first-order chi connectivity index (χ1) is 14.9. The largest absolute Gasteiger partial charge is 0.490 e. The summed E-state index contributed by atoms with van der Waals surface area (Å²) in [6.07, 6.45) is 13.9. The first-order valence-corrected chi connectivity index (χ1v) is 10.5. The summed E-state index contributed by atoms with van der Waals surface area (Å²) in [5.74, 6) is 2.40. The Hall–Kier alpha value is -3.46. The van der Waals surface area contributed by atoms with E-state index >= 15 is 0 Å². The van der Waals surface area contributed by atoms with Crippen LogP contribution in [0.3, 0.4) is 0 Å². The van der Waals surface area contributed by atoms with Gasteiger partial charge in [-0.2, -0.15) is 0 Å². The molecule has 0 bridgehead atoms. The van der Waals surface area contributed by atoms with Crippen molar-refractivity contribution >= 4 is 5.69 Å². The van der Waals surface area contributed by atoms with Crippen LogP contribution in [0.5, 0.6) is 11.5 Å². The number of anilines is 1. The van der Waals surface area contributed by atoms with Crippen molar-refractivity contribution in [3.63, 3.8) is 0 Å². The van der Waals surface area contributed by atoms with Gasteiger partial charge in [0.2, 0.25) is 0 Å². The highest BCUT2D eigenvalue weighted by atomic mass is 16.5. The first kappa shape index (κ1) is 23.8. The minimum absolute atomic E-state index is 0.211. The fourth-order valence-electron chi connectivity index (χ4n) is 3.09. The molecule has 0 fully saturated rings. The van der Waals surface area contributed by atoms with Crippen LogP contribution < -0.4 is 10.5 Å². The number of ether oxygens (including phenoxy) is 2. The molecule has 2 N–H and O–H groups in total. The summed E-state index contributed by atoms with van der Waals surface area (Å²) in [6.45, 7) is 12.7. The van der Waals surface area contributed by atoms with Crippen molar-refractivity contribution in [2.45, 2.75) is 33.1 Å². The van der Waals surface area contributed by atoms with Crippen LogP contribution in [0, 0.1) is 0 Å². The SMILES string of the molecule is C=C/C=C(\C=C/COC(/C=C\C)=C/C)C(C)(C)c1ccc(Oc2ccc(N)cc2)cc1. The van der Waals surface area contributed by atoms with Gasteiger partial charge in [0.05, 0.1) is 0 Å². The molecule has 0 amide bonds. The van der Waals surface area contributed by atoms with Gasteiger partial charge in [-0.15, -0.1) is 0 Å².